The van der Waals surface area contributed by atoms with E-state index in [1.807, 2.05) is 0 Å². The first kappa shape index (κ1) is 22.3. The molecule has 0 saturated heterocycles. The molecular formula is C22H21FN2O5S. The first-order valence-corrected chi connectivity index (χ1v) is 10.7. The van der Waals surface area contributed by atoms with Crippen LogP contribution in [0, 0.1) is 5.82 Å². The number of rotatable bonds is 8. The van der Waals surface area contributed by atoms with Crippen molar-refractivity contribution in [2.24, 2.45) is 0 Å². The maximum Gasteiger partial charge on any atom is 0.341 e. The van der Waals surface area contributed by atoms with Crippen LogP contribution in [0.1, 0.15) is 5.56 Å². The van der Waals surface area contributed by atoms with Gasteiger partial charge in [-0.2, -0.15) is 4.31 Å². The summed E-state index contributed by atoms with van der Waals surface area (Å²) in [6.07, 6.45) is 0. The van der Waals surface area contributed by atoms with Crippen molar-refractivity contribution in [2.45, 2.75) is 11.4 Å². The van der Waals surface area contributed by atoms with Crippen molar-refractivity contribution in [1.82, 2.24) is 4.31 Å². The summed E-state index contributed by atoms with van der Waals surface area (Å²) < 4.78 is 45.3. The zero-order chi connectivity index (χ0) is 22.6. The van der Waals surface area contributed by atoms with Crippen molar-refractivity contribution in [3.8, 4) is 16.9 Å². The van der Waals surface area contributed by atoms with Crippen LogP contribution >= 0.6 is 0 Å². The lowest BCUT2D eigenvalue weighted by Gasteiger charge is -2.19. The molecule has 31 heavy (non-hydrogen) atoms. The summed E-state index contributed by atoms with van der Waals surface area (Å²) in [5, 5.41) is 8.93. The van der Waals surface area contributed by atoms with Crippen molar-refractivity contribution in [3.05, 3.63) is 78.1 Å². The Morgan fingerprint density at radius 1 is 1.10 bits per heavy atom. The SMILES string of the molecule is CN(Cc1ccc(OCC(=O)O)c(-c2cccc(N)c2)c1)S(=O)(=O)c1ccc(F)cc1. The number of aliphatic carboxylic acids is 1. The van der Waals surface area contributed by atoms with Gasteiger partial charge in [0.25, 0.3) is 0 Å². The van der Waals surface area contributed by atoms with Crippen LogP contribution in [0.15, 0.2) is 71.6 Å². The van der Waals surface area contributed by atoms with Crippen LogP contribution in [0.4, 0.5) is 10.1 Å². The van der Waals surface area contributed by atoms with Crippen LogP contribution in [0.25, 0.3) is 11.1 Å². The van der Waals surface area contributed by atoms with Crippen molar-refractivity contribution in [2.75, 3.05) is 19.4 Å². The van der Waals surface area contributed by atoms with E-state index in [2.05, 4.69) is 0 Å². The third kappa shape index (κ3) is 5.39. The van der Waals surface area contributed by atoms with Crippen LogP contribution in [-0.4, -0.2) is 37.5 Å². The molecule has 0 bridgehead atoms. The van der Waals surface area contributed by atoms with Gasteiger partial charge < -0.3 is 15.6 Å². The Kier molecular flexibility index (Phi) is 6.57. The molecule has 9 heteroatoms. The molecule has 0 saturated carbocycles. The second kappa shape index (κ2) is 9.15. The molecule has 7 nitrogen and oxygen atoms in total. The van der Waals surface area contributed by atoms with E-state index in [4.69, 9.17) is 15.6 Å². The van der Waals surface area contributed by atoms with Crippen molar-refractivity contribution in [3.63, 3.8) is 0 Å². The van der Waals surface area contributed by atoms with Crippen molar-refractivity contribution in [1.29, 1.82) is 0 Å². The van der Waals surface area contributed by atoms with Gasteiger partial charge in [0.15, 0.2) is 6.61 Å². The third-order valence-corrected chi connectivity index (χ3v) is 6.34. The number of nitrogen functional groups attached to an aromatic ring is 1. The Bertz CT molecular complexity index is 1200. The van der Waals surface area contributed by atoms with Crippen molar-refractivity contribution >= 4 is 21.7 Å². The maximum atomic E-state index is 13.1. The van der Waals surface area contributed by atoms with Crippen molar-refractivity contribution < 1.29 is 27.4 Å². The molecule has 3 N–H and O–H groups in total. The standard InChI is InChI=1S/C22H21FN2O5S/c1-25(31(28,29)19-8-6-17(23)7-9-19)13-15-5-10-21(30-14-22(26)27)20(11-15)16-3-2-4-18(24)12-16/h2-12H,13-14,24H2,1H3,(H,26,27). The second-order valence-electron chi connectivity index (χ2n) is 6.85. The summed E-state index contributed by atoms with van der Waals surface area (Å²) in [4.78, 5) is 10.9. The zero-order valence-electron chi connectivity index (χ0n) is 16.7. The molecule has 162 valence electrons. The molecule has 0 unspecified atom stereocenters. The summed E-state index contributed by atoms with van der Waals surface area (Å²) in [5.41, 5.74) is 8.32. The van der Waals surface area contributed by atoms with E-state index in [9.17, 15) is 17.6 Å². The Morgan fingerprint density at radius 3 is 2.45 bits per heavy atom. The molecule has 3 rings (SSSR count). The first-order valence-electron chi connectivity index (χ1n) is 9.22. The number of benzene rings is 3. The third-order valence-electron chi connectivity index (χ3n) is 4.52. The minimum Gasteiger partial charge on any atom is -0.481 e. The Labute approximate surface area is 179 Å². The van der Waals surface area contributed by atoms with Crippen LogP contribution in [-0.2, 0) is 21.4 Å². The fourth-order valence-corrected chi connectivity index (χ4v) is 4.16. The zero-order valence-corrected chi connectivity index (χ0v) is 17.5. The predicted molar refractivity (Wildman–Crippen MR) is 114 cm³/mol. The minimum atomic E-state index is -3.83. The second-order valence-corrected chi connectivity index (χ2v) is 8.90. The lowest BCUT2D eigenvalue weighted by atomic mass is 10.0. The summed E-state index contributed by atoms with van der Waals surface area (Å²) in [6.45, 7) is -0.484. The molecule has 0 heterocycles. The van der Waals surface area contributed by atoms with E-state index in [1.165, 1.54) is 19.2 Å². The number of carboxylic acids is 1. The van der Waals surface area contributed by atoms with E-state index in [1.54, 1.807) is 42.5 Å². The number of hydrogen-bond acceptors (Lipinski definition) is 5. The Morgan fingerprint density at radius 2 is 1.81 bits per heavy atom. The van der Waals surface area contributed by atoms with Gasteiger partial charge >= 0.3 is 5.97 Å². The fourth-order valence-electron chi connectivity index (χ4n) is 3.00. The Balaban J connectivity index is 1.93. The summed E-state index contributed by atoms with van der Waals surface area (Å²) >= 11 is 0. The Hall–Kier alpha value is -3.43. The molecule has 0 fully saturated rings. The number of ether oxygens (including phenoxy) is 1. The van der Waals surface area contributed by atoms with Gasteiger partial charge in [0.1, 0.15) is 11.6 Å². The first-order chi connectivity index (χ1) is 14.7. The molecule has 0 amide bonds. The molecule has 0 atom stereocenters. The monoisotopic (exact) mass is 444 g/mol. The molecule has 0 aliphatic rings. The average Bonchev–Trinajstić information content (AvgIpc) is 2.73. The molecule has 0 spiro atoms. The van der Waals surface area contributed by atoms with Gasteiger partial charge in [-0.3, -0.25) is 0 Å². The van der Waals surface area contributed by atoms with Gasteiger partial charge in [-0.25, -0.2) is 17.6 Å². The topological polar surface area (TPSA) is 110 Å². The van der Waals surface area contributed by atoms with Gasteiger partial charge in [0, 0.05) is 24.8 Å². The van der Waals surface area contributed by atoms with Gasteiger partial charge in [-0.15, -0.1) is 0 Å². The van der Waals surface area contributed by atoms with Crippen LogP contribution in [0.5, 0.6) is 5.75 Å². The van der Waals surface area contributed by atoms with E-state index in [-0.39, 0.29) is 11.4 Å². The van der Waals surface area contributed by atoms with E-state index in [0.29, 0.717) is 28.1 Å². The number of halogens is 1. The van der Waals surface area contributed by atoms with E-state index >= 15 is 0 Å². The van der Waals surface area contributed by atoms with Gasteiger partial charge in [0.05, 0.1) is 4.90 Å². The molecule has 3 aromatic rings. The number of sulfonamides is 1. The number of carboxylic acid groups (broad SMARTS) is 1. The van der Waals surface area contributed by atoms with Crippen LogP contribution in [0.3, 0.4) is 0 Å². The molecular weight excluding hydrogens is 423 g/mol. The summed E-state index contributed by atoms with van der Waals surface area (Å²) in [6, 6.07) is 16.6. The largest absolute Gasteiger partial charge is 0.481 e. The highest BCUT2D eigenvalue weighted by Crippen LogP contribution is 2.33. The number of hydrogen-bond donors (Lipinski definition) is 2. The fraction of sp³-hybridized carbons (Fsp3) is 0.136. The molecule has 3 aromatic carbocycles. The highest BCUT2D eigenvalue weighted by Gasteiger charge is 2.21. The lowest BCUT2D eigenvalue weighted by molar-refractivity contribution is -0.139. The van der Waals surface area contributed by atoms with Crippen LogP contribution < -0.4 is 10.5 Å². The highest BCUT2D eigenvalue weighted by molar-refractivity contribution is 7.89. The maximum absolute atomic E-state index is 13.1. The van der Waals surface area contributed by atoms with Gasteiger partial charge in [0.2, 0.25) is 10.0 Å². The number of anilines is 1. The van der Waals surface area contributed by atoms with Gasteiger partial charge in [-0.05, 0) is 59.7 Å². The molecule has 0 aliphatic carbocycles. The molecule has 0 radical (unpaired) electrons. The number of nitrogens with two attached hydrogens (primary N) is 1. The smallest absolute Gasteiger partial charge is 0.341 e. The molecule has 0 aliphatic heterocycles. The van der Waals surface area contributed by atoms with Gasteiger partial charge in [-0.1, -0.05) is 18.2 Å². The van der Waals surface area contributed by atoms with E-state index in [0.717, 1.165) is 16.4 Å². The quantitative estimate of drug-likeness (QED) is 0.516. The van der Waals surface area contributed by atoms with Crippen LogP contribution in [0.2, 0.25) is 0 Å². The van der Waals surface area contributed by atoms with E-state index < -0.39 is 28.4 Å². The number of carbonyl (C=O) groups is 1. The summed E-state index contributed by atoms with van der Waals surface area (Å²) in [7, 11) is -2.41. The number of nitrogens with zero attached hydrogens (tertiary/aromatic N) is 1. The predicted octanol–water partition coefficient (Wildman–Crippen LogP) is 3.36. The average molecular weight is 444 g/mol. The normalized spacial score (nSPS) is 11.5. The highest BCUT2D eigenvalue weighted by atomic mass is 32.2. The molecule has 0 aromatic heterocycles. The summed E-state index contributed by atoms with van der Waals surface area (Å²) in [5.74, 6) is -1.31. The minimum absolute atomic E-state index is 0.0196. The lowest BCUT2D eigenvalue weighted by Crippen LogP contribution is -2.26.